The fraction of sp³-hybridized carbons (Fsp3) is 0.286. The molecule has 0 fully saturated rings. The van der Waals surface area contributed by atoms with Gasteiger partial charge in [-0.05, 0) is 31.5 Å². The van der Waals surface area contributed by atoms with E-state index in [1.807, 2.05) is 12.1 Å². The first kappa shape index (κ1) is 15.4. The number of allylic oxidation sites excluding steroid dienone is 1. The number of benzene rings is 1. The zero-order valence-electron chi connectivity index (χ0n) is 10.8. The van der Waals surface area contributed by atoms with E-state index >= 15 is 0 Å². The number of nitrogens with one attached hydrogen (secondary N) is 1. The second-order valence-corrected chi connectivity index (χ2v) is 5.06. The Bertz CT molecular complexity index is 494. The molecule has 0 saturated heterocycles. The van der Waals surface area contributed by atoms with Crippen molar-refractivity contribution in [3.05, 3.63) is 46.0 Å². The molecular formula is C14H16BrNO3. The predicted octanol–water partition coefficient (Wildman–Crippen LogP) is 3.05. The molecular weight excluding hydrogens is 310 g/mol. The van der Waals surface area contributed by atoms with Crippen molar-refractivity contribution in [3.8, 4) is 0 Å². The minimum atomic E-state index is -0.952. The molecule has 0 aliphatic rings. The van der Waals surface area contributed by atoms with Crippen molar-refractivity contribution in [2.75, 3.05) is 0 Å². The Morgan fingerprint density at radius 3 is 2.42 bits per heavy atom. The van der Waals surface area contributed by atoms with E-state index in [0.29, 0.717) is 5.57 Å². The van der Waals surface area contributed by atoms with Gasteiger partial charge in [-0.2, -0.15) is 0 Å². The van der Waals surface area contributed by atoms with Gasteiger partial charge in [-0.25, -0.2) is 0 Å². The molecule has 0 aliphatic heterocycles. The minimum absolute atomic E-state index is 0.148. The molecule has 0 radical (unpaired) electrons. The monoisotopic (exact) mass is 325 g/mol. The highest BCUT2D eigenvalue weighted by atomic mass is 79.9. The lowest BCUT2D eigenvalue weighted by atomic mass is 10.0. The van der Waals surface area contributed by atoms with Crippen LogP contribution in [0.3, 0.4) is 0 Å². The number of carbonyl (C=O) groups is 2. The molecule has 1 atom stereocenters. The average molecular weight is 326 g/mol. The highest BCUT2D eigenvalue weighted by molar-refractivity contribution is 9.10. The summed E-state index contributed by atoms with van der Waals surface area (Å²) >= 11 is 3.32. The van der Waals surface area contributed by atoms with E-state index in [1.54, 1.807) is 32.1 Å². The molecule has 0 bridgehead atoms. The summed E-state index contributed by atoms with van der Waals surface area (Å²) in [4.78, 5) is 22.7. The number of carboxylic acid groups (broad SMARTS) is 1. The zero-order chi connectivity index (χ0) is 14.4. The van der Waals surface area contributed by atoms with Gasteiger partial charge in [-0.3, -0.25) is 9.59 Å². The first-order valence-corrected chi connectivity index (χ1v) is 6.64. The van der Waals surface area contributed by atoms with Gasteiger partial charge in [-0.15, -0.1) is 0 Å². The van der Waals surface area contributed by atoms with E-state index in [1.165, 1.54) is 0 Å². The molecule has 1 rings (SSSR count). The lowest BCUT2D eigenvalue weighted by Crippen LogP contribution is -2.30. The summed E-state index contributed by atoms with van der Waals surface area (Å²) < 4.78 is 0.904. The van der Waals surface area contributed by atoms with Gasteiger partial charge in [0, 0.05) is 10.0 Å². The summed E-state index contributed by atoms with van der Waals surface area (Å²) in [5.41, 5.74) is 1.33. The lowest BCUT2D eigenvalue weighted by Gasteiger charge is -2.17. The van der Waals surface area contributed by atoms with Crippen LogP contribution in [-0.2, 0) is 9.59 Å². The molecule has 4 nitrogen and oxygen atoms in total. The van der Waals surface area contributed by atoms with E-state index in [9.17, 15) is 9.59 Å². The van der Waals surface area contributed by atoms with E-state index in [-0.39, 0.29) is 12.3 Å². The van der Waals surface area contributed by atoms with Gasteiger partial charge in [-0.1, -0.05) is 34.1 Å². The van der Waals surface area contributed by atoms with Crippen LogP contribution in [0, 0.1) is 0 Å². The van der Waals surface area contributed by atoms with Crippen molar-refractivity contribution in [1.82, 2.24) is 5.32 Å². The number of hydrogen-bond acceptors (Lipinski definition) is 2. The van der Waals surface area contributed by atoms with E-state index in [0.717, 1.165) is 10.0 Å². The average Bonchev–Trinajstić information content (AvgIpc) is 2.37. The molecule has 1 aromatic rings. The maximum absolute atomic E-state index is 11.8. The number of carbonyl (C=O) groups excluding carboxylic acids is 1. The summed E-state index contributed by atoms with van der Waals surface area (Å²) in [6.07, 6.45) is 1.54. The number of rotatable bonds is 5. The fourth-order valence-corrected chi connectivity index (χ4v) is 1.79. The summed E-state index contributed by atoms with van der Waals surface area (Å²) in [6, 6.07) is 6.69. The Hall–Kier alpha value is -1.62. The maximum atomic E-state index is 11.8. The third-order valence-corrected chi connectivity index (χ3v) is 3.28. The molecule has 0 aliphatic carbocycles. The third kappa shape index (κ3) is 4.87. The van der Waals surface area contributed by atoms with Crippen molar-refractivity contribution in [2.45, 2.75) is 26.3 Å². The largest absolute Gasteiger partial charge is 0.481 e. The van der Waals surface area contributed by atoms with Crippen LogP contribution in [0.4, 0.5) is 0 Å². The highest BCUT2D eigenvalue weighted by Gasteiger charge is 2.18. The molecule has 19 heavy (non-hydrogen) atoms. The van der Waals surface area contributed by atoms with Gasteiger partial charge in [0.1, 0.15) is 0 Å². The van der Waals surface area contributed by atoms with Gasteiger partial charge < -0.3 is 10.4 Å². The first-order valence-electron chi connectivity index (χ1n) is 5.85. The number of carboxylic acids is 1. The van der Waals surface area contributed by atoms with Crippen LogP contribution in [0.2, 0.25) is 0 Å². The van der Waals surface area contributed by atoms with Crippen LogP contribution in [-0.4, -0.2) is 17.0 Å². The standard InChI is InChI=1S/C14H16BrNO3/c1-3-9(2)14(19)16-12(8-13(17)18)10-4-6-11(15)7-5-10/h3-7,12H,8H2,1-2H3,(H,16,19)(H,17,18)/b9-3+/t12-/m1/s1. The molecule has 0 heterocycles. The Kier molecular flexibility index (Phi) is 5.76. The summed E-state index contributed by atoms with van der Waals surface area (Å²) in [7, 11) is 0. The van der Waals surface area contributed by atoms with Crippen molar-refractivity contribution in [1.29, 1.82) is 0 Å². The van der Waals surface area contributed by atoms with Crippen LogP contribution >= 0.6 is 15.9 Å². The van der Waals surface area contributed by atoms with E-state index in [4.69, 9.17) is 5.11 Å². The van der Waals surface area contributed by atoms with Gasteiger partial charge in [0.05, 0.1) is 12.5 Å². The first-order chi connectivity index (χ1) is 8.93. The molecule has 102 valence electrons. The van der Waals surface area contributed by atoms with Crippen LogP contribution in [0.25, 0.3) is 0 Å². The Labute approximate surface area is 120 Å². The molecule has 0 aromatic heterocycles. The fourth-order valence-electron chi connectivity index (χ4n) is 1.53. The number of halogens is 1. The van der Waals surface area contributed by atoms with Crippen molar-refractivity contribution < 1.29 is 14.7 Å². The molecule has 5 heteroatoms. The van der Waals surface area contributed by atoms with Crippen LogP contribution in [0.15, 0.2) is 40.4 Å². The third-order valence-electron chi connectivity index (χ3n) is 2.75. The normalized spacial score (nSPS) is 12.9. The van der Waals surface area contributed by atoms with Crippen LogP contribution in [0.1, 0.15) is 31.9 Å². The molecule has 0 spiro atoms. The quantitative estimate of drug-likeness (QED) is 0.817. The summed E-state index contributed by atoms with van der Waals surface area (Å²) in [5.74, 6) is -1.21. The molecule has 0 saturated carbocycles. The number of hydrogen-bond donors (Lipinski definition) is 2. The molecule has 1 amide bonds. The predicted molar refractivity (Wildman–Crippen MR) is 76.7 cm³/mol. The topological polar surface area (TPSA) is 66.4 Å². The Morgan fingerprint density at radius 1 is 1.37 bits per heavy atom. The van der Waals surface area contributed by atoms with Crippen LogP contribution < -0.4 is 5.32 Å². The SMILES string of the molecule is C/C=C(\C)C(=O)N[C@H](CC(=O)O)c1ccc(Br)cc1. The van der Waals surface area contributed by atoms with Gasteiger partial charge >= 0.3 is 5.97 Å². The zero-order valence-corrected chi connectivity index (χ0v) is 12.4. The smallest absolute Gasteiger partial charge is 0.305 e. The van der Waals surface area contributed by atoms with Gasteiger partial charge in [0.2, 0.25) is 5.91 Å². The van der Waals surface area contributed by atoms with E-state index < -0.39 is 12.0 Å². The van der Waals surface area contributed by atoms with Crippen molar-refractivity contribution >= 4 is 27.8 Å². The van der Waals surface area contributed by atoms with Gasteiger partial charge in [0.15, 0.2) is 0 Å². The van der Waals surface area contributed by atoms with Crippen molar-refractivity contribution in [2.24, 2.45) is 0 Å². The number of amides is 1. The summed E-state index contributed by atoms with van der Waals surface area (Å²) in [5, 5.41) is 11.7. The molecule has 1 aromatic carbocycles. The second-order valence-electron chi connectivity index (χ2n) is 4.15. The van der Waals surface area contributed by atoms with Crippen molar-refractivity contribution in [3.63, 3.8) is 0 Å². The summed E-state index contributed by atoms with van der Waals surface area (Å²) in [6.45, 7) is 3.45. The number of aliphatic carboxylic acids is 1. The second kappa shape index (κ2) is 7.09. The van der Waals surface area contributed by atoms with E-state index in [2.05, 4.69) is 21.2 Å². The maximum Gasteiger partial charge on any atom is 0.305 e. The van der Waals surface area contributed by atoms with Gasteiger partial charge in [0.25, 0.3) is 0 Å². The Balaban J connectivity index is 2.92. The molecule has 0 unspecified atom stereocenters. The Morgan fingerprint density at radius 2 is 1.95 bits per heavy atom. The highest BCUT2D eigenvalue weighted by Crippen LogP contribution is 2.20. The van der Waals surface area contributed by atoms with Crippen LogP contribution in [0.5, 0.6) is 0 Å². The molecule has 2 N–H and O–H groups in total. The minimum Gasteiger partial charge on any atom is -0.481 e. The lowest BCUT2D eigenvalue weighted by molar-refractivity contribution is -0.137.